The Morgan fingerprint density at radius 3 is 2.96 bits per heavy atom. The average molecular weight is 354 g/mol. The van der Waals surface area contributed by atoms with E-state index in [-0.39, 0.29) is 11.6 Å². The lowest BCUT2D eigenvalue weighted by Crippen LogP contribution is -2.38. The van der Waals surface area contributed by atoms with Crippen LogP contribution in [0.5, 0.6) is 0 Å². The second-order valence-electron chi connectivity index (χ2n) is 6.15. The van der Waals surface area contributed by atoms with Crippen molar-refractivity contribution in [3.8, 4) is 11.1 Å². The number of thiophene rings is 1. The van der Waals surface area contributed by atoms with E-state index in [2.05, 4.69) is 20.6 Å². The summed E-state index contributed by atoms with van der Waals surface area (Å²) in [6.07, 6.45) is 3.60. The van der Waals surface area contributed by atoms with Crippen LogP contribution in [0.3, 0.4) is 0 Å². The summed E-state index contributed by atoms with van der Waals surface area (Å²) in [6, 6.07) is 5.93. The molecule has 0 amide bonds. The van der Waals surface area contributed by atoms with Crippen molar-refractivity contribution in [1.29, 1.82) is 0 Å². The number of anilines is 1. The number of carbonyl (C=O) groups is 1. The number of carboxylic acids is 1. The van der Waals surface area contributed by atoms with Gasteiger partial charge in [0.2, 0.25) is 0 Å². The lowest BCUT2D eigenvalue weighted by Gasteiger charge is -2.24. The zero-order valence-corrected chi connectivity index (χ0v) is 14.3. The minimum Gasteiger partial charge on any atom is -0.478 e. The summed E-state index contributed by atoms with van der Waals surface area (Å²) in [4.78, 5) is 20.4. The normalized spacial score (nSPS) is 17.5. The highest BCUT2D eigenvalue weighted by Gasteiger charge is 2.18. The van der Waals surface area contributed by atoms with Crippen molar-refractivity contribution < 1.29 is 9.90 Å². The molecule has 1 fully saturated rings. The number of carboxylic acid groups (broad SMARTS) is 1. The van der Waals surface area contributed by atoms with Crippen LogP contribution in [0.1, 0.15) is 23.2 Å². The lowest BCUT2D eigenvalue weighted by atomic mass is 10.0. The van der Waals surface area contributed by atoms with Gasteiger partial charge in [-0.3, -0.25) is 0 Å². The Morgan fingerprint density at radius 2 is 2.24 bits per heavy atom. The Kier molecular flexibility index (Phi) is 4.33. The highest BCUT2D eigenvalue weighted by molar-refractivity contribution is 7.08. The highest BCUT2D eigenvalue weighted by atomic mass is 32.1. The van der Waals surface area contributed by atoms with Crippen LogP contribution >= 0.6 is 11.3 Å². The summed E-state index contributed by atoms with van der Waals surface area (Å²) >= 11 is 1.58. The van der Waals surface area contributed by atoms with Crippen molar-refractivity contribution in [2.24, 2.45) is 0 Å². The average Bonchev–Trinajstić information content (AvgIpc) is 3.17. The largest absolute Gasteiger partial charge is 0.478 e. The van der Waals surface area contributed by atoms with Gasteiger partial charge in [0.25, 0.3) is 0 Å². The van der Waals surface area contributed by atoms with Gasteiger partial charge in [0.15, 0.2) is 0 Å². The van der Waals surface area contributed by atoms with E-state index in [0.717, 1.165) is 42.4 Å². The van der Waals surface area contributed by atoms with Gasteiger partial charge in [0, 0.05) is 18.0 Å². The summed E-state index contributed by atoms with van der Waals surface area (Å²) < 4.78 is 0. The summed E-state index contributed by atoms with van der Waals surface area (Å²) in [5, 5.41) is 21.2. The van der Waals surface area contributed by atoms with E-state index >= 15 is 0 Å². The maximum atomic E-state index is 11.7. The van der Waals surface area contributed by atoms with Crippen LogP contribution in [0, 0.1) is 0 Å². The molecule has 7 heteroatoms. The number of hydrogen-bond acceptors (Lipinski definition) is 6. The van der Waals surface area contributed by atoms with Crippen LogP contribution in [-0.2, 0) is 0 Å². The van der Waals surface area contributed by atoms with E-state index in [4.69, 9.17) is 0 Å². The summed E-state index contributed by atoms with van der Waals surface area (Å²) in [7, 11) is 0. The van der Waals surface area contributed by atoms with E-state index in [0.29, 0.717) is 11.3 Å². The molecule has 128 valence electrons. The van der Waals surface area contributed by atoms with Crippen molar-refractivity contribution in [1.82, 2.24) is 15.3 Å². The number of benzene rings is 1. The van der Waals surface area contributed by atoms with Crippen molar-refractivity contribution >= 4 is 34.0 Å². The molecular formula is C18H18N4O2S. The number of aromatic carboxylic acids is 1. The van der Waals surface area contributed by atoms with Gasteiger partial charge in [-0.1, -0.05) is 0 Å². The maximum Gasteiger partial charge on any atom is 0.337 e. The van der Waals surface area contributed by atoms with E-state index in [1.165, 1.54) is 6.33 Å². The van der Waals surface area contributed by atoms with Gasteiger partial charge in [-0.05, 0) is 59.5 Å². The fourth-order valence-electron chi connectivity index (χ4n) is 3.21. The van der Waals surface area contributed by atoms with E-state index in [1.807, 2.05) is 22.9 Å². The molecule has 1 aliphatic heterocycles. The molecule has 3 heterocycles. The molecule has 6 nitrogen and oxygen atoms in total. The Bertz CT molecular complexity index is 905. The molecule has 0 bridgehead atoms. The van der Waals surface area contributed by atoms with Crippen molar-refractivity contribution in [2.75, 3.05) is 18.4 Å². The van der Waals surface area contributed by atoms with E-state index in [9.17, 15) is 9.90 Å². The fourth-order valence-corrected chi connectivity index (χ4v) is 3.87. The summed E-state index contributed by atoms with van der Waals surface area (Å²) in [6.45, 7) is 1.91. The van der Waals surface area contributed by atoms with Crippen LogP contribution in [0.2, 0.25) is 0 Å². The molecule has 0 aliphatic carbocycles. The second-order valence-corrected chi connectivity index (χ2v) is 6.93. The molecule has 25 heavy (non-hydrogen) atoms. The number of nitrogens with one attached hydrogen (secondary N) is 2. The number of nitrogens with zero attached hydrogens (tertiary/aromatic N) is 2. The number of aromatic nitrogens is 2. The van der Waals surface area contributed by atoms with Gasteiger partial charge in [0.05, 0.1) is 11.1 Å². The molecule has 4 rings (SSSR count). The first kappa shape index (κ1) is 16.0. The van der Waals surface area contributed by atoms with Gasteiger partial charge in [-0.15, -0.1) is 0 Å². The molecule has 2 aromatic heterocycles. The Balaban J connectivity index is 1.84. The first-order valence-electron chi connectivity index (χ1n) is 8.24. The molecular weight excluding hydrogens is 336 g/mol. The highest BCUT2D eigenvalue weighted by Crippen LogP contribution is 2.31. The van der Waals surface area contributed by atoms with Gasteiger partial charge >= 0.3 is 5.97 Å². The molecule has 0 radical (unpaired) electrons. The van der Waals surface area contributed by atoms with Crippen LogP contribution in [0.4, 0.5) is 5.82 Å². The van der Waals surface area contributed by atoms with Crippen LogP contribution < -0.4 is 10.6 Å². The zero-order valence-electron chi connectivity index (χ0n) is 13.5. The minimum atomic E-state index is -0.980. The van der Waals surface area contributed by atoms with Crippen LogP contribution in [0.15, 0.2) is 35.3 Å². The first-order valence-corrected chi connectivity index (χ1v) is 9.18. The number of piperidine rings is 1. The molecule has 0 saturated carbocycles. The Morgan fingerprint density at radius 1 is 1.32 bits per heavy atom. The summed E-state index contributed by atoms with van der Waals surface area (Å²) in [5.74, 6) is -0.288. The quantitative estimate of drug-likeness (QED) is 0.667. The molecule has 0 unspecified atom stereocenters. The van der Waals surface area contributed by atoms with Crippen LogP contribution in [0.25, 0.3) is 22.0 Å². The lowest BCUT2D eigenvalue weighted by molar-refractivity contribution is 0.0699. The van der Waals surface area contributed by atoms with Gasteiger partial charge in [-0.2, -0.15) is 11.3 Å². The van der Waals surface area contributed by atoms with Crippen molar-refractivity contribution in [3.63, 3.8) is 0 Å². The predicted octanol–water partition coefficient (Wildman–Crippen LogP) is 3.22. The third-order valence-electron chi connectivity index (χ3n) is 4.46. The first-order chi connectivity index (χ1) is 12.2. The third kappa shape index (κ3) is 3.20. The zero-order chi connectivity index (χ0) is 17.2. The molecule has 1 saturated heterocycles. The molecule has 1 atom stereocenters. The smallest absolute Gasteiger partial charge is 0.337 e. The molecule has 1 aliphatic rings. The van der Waals surface area contributed by atoms with Gasteiger partial charge < -0.3 is 15.7 Å². The SMILES string of the molecule is O=C(O)c1cc(-c2ccsc2)cc2c(N[C@H]3CCCNC3)ncnc12. The summed E-state index contributed by atoms with van der Waals surface area (Å²) in [5.41, 5.74) is 2.54. The monoisotopic (exact) mass is 354 g/mol. The maximum absolute atomic E-state index is 11.7. The topological polar surface area (TPSA) is 87.1 Å². The predicted molar refractivity (Wildman–Crippen MR) is 99.3 cm³/mol. The number of fused-ring (bicyclic) bond motifs is 1. The van der Waals surface area contributed by atoms with Crippen molar-refractivity contribution in [3.05, 3.63) is 40.8 Å². The molecule has 0 spiro atoms. The fraction of sp³-hybridized carbons (Fsp3) is 0.278. The third-order valence-corrected chi connectivity index (χ3v) is 5.14. The molecule has 3 N–H and O–H groups in total. The second kappa shape index (κ2) is 6.78. The molecule has 3 aromatic rings. The van der Waals surface area contributed by atoms with Crippen LogP contribution in [-0.4, -0.2) is 40.2 Å². The van der Waals surface area contributed by atoms with E-state index in [1.54, 1.807) is 17.4 Å². The van der Waals surface area contributed by atoms with Gasteiger partial charge in [-0.25, -0.2) is 14.8 Å². The van der Waals surface area contributed by atoms with Crippen molar-refractivity contribution in [2.45, 2.75) is 18.9 Å². The number of rotatable bonds is 4. The van der Waals surface area contributed by atoms with Gasteiger partial charge in [0.1, 0.15) is 12.1 Å². The minimum absolute atomic E-state index is 0.200. The van der Waals surface area contributed by atoms with E-state index < -0.39 is 5.97 Å². The Labute approximate surface area is 148 Å². The molecule has 1 aromatic carbocycles. The Hall–Kier alpha value is -2.51. The number of hydrogen-bond donors (Lipinski definition) is 3. The standard InChI is InChI=1S/C18H18N4O2S/c23-18(24)15-7-12(11-3-5-25-9-11)6-14-16(15)20-10-21-17(14)22-13-2-1-4-19-8-13/h3,5-7,9-10,13,19H,1-2,4,8H2,(H,23,24)(H,20,21,22)/t13-/m0/s1.